The number of hydrogen-bond acceptors (Lipinski definition) is 6. The van der Waals surface area contributed by atoms with Crippen molar-refractivity contribution in [2.75, 3.05) is 6.26 Å². The summed E-state index contributed by atoms with van der Waals surface area (Å²) in [7, 11) is -3.34. The van der Waals surface area contributed by atoms with Crippen molar-refractivity contribution in [2.45, 2.75) is 13.5 Å². The third-order valence-corrected chi connectivity index (χ3v) is 5.84. The van der Waals surface area contributed by atoms with Crippen molar-refractivity contribution in [2.24, 2.45) is 0 Å². The standard InChI is InChI=1S/C23H18FN5O2S.C2H4O2/c1-32(30,31)28-10-14-4-2-5-15(8-14)21-18(24)12-27-23-22(21)17-9-19(26-13-20(17)29-23)16-6-3-7-25-11-16;1-2(3)4/h2-9,11-13,28H,10H2,1H3,(H,27,29);1H3,(H,3,4). The van der Waals surface area contributed by atoms with Gasteiger partial charge in [-0.1, -0.05) is 18.2 Å². The molecule has 0 fully saturated rings. The Hall–Kier alpha value is -4.22. The predicted octanol–water partition coefficient (Wildman–Crippen LogP) is 4.12. The molecule has 11 heteroatoms. The fourth-order valence-electron chi connectivity index (χ4n) is 3.74. The topological polar surface area (TPSA) is 138 Å². The van der Waals surface area contributed by atoms with Gasteiger partial charge in [-0.25, -0.2) is 22.5 Å². The molecule has 0 spiro atoms. The number of aliphatic carboxylic acids is 1. The molecule has 0 unspecified atom stereocenters. The molecule has 0 amide bonds. The van der Waals surface area contributed by atoms with Gasteiger partial charge in [-0.3, -0.25) is 14.8 Å². The minimum Gasteiger partial charge on any atom is -0.481 e. The second-order valence-electron chi connectivity index (χ2n) is 8.00. The van der Waals surface area contributed by atoms with E-state index < -0.39 is 21.8 Å². The van der Waals surface area contributed by atoms with Crippen LogP contribution >= 0.6 is 0 Å². The van der Waals surface area contributed by atoms with Crippen LogP contribution in [0.5, 0.6) is 0 Å². The minimum absolute atomic E-state index is 0.117. The summed E-state index contributed by atoms with van der Waals surface area (Å²) < 4.78 is 40.5. The number of rotatable bonds is 5. The lowest BCUT2D eigenvalue weighted by atomic mass is 9.99. The Morgan fingerprint density at radius 1 is 1.08 bits per heavy atom. The highest BCUT2D eigenvalue weighted by atomic mass is 32.2. The number of carbonyl (C=O) groups is 1. The van der Waals surface area contributed by atoms with Crippen LogP contribution in [-0.2, 0) is 21.4 Å². The normalized spacial score (nSPS) is 11.3. The first-order chi connectivity index (χ1) is 17.1. The summed E-state index contributed by atoms with van der Waals surface area (Å²) in [6.07, 6.45) is 7.40. The van der Waals surface area contributed by atoms with Gasteiger partial charge in [0.1, 0.15) is 11.5 Å². The van der Waals surface area contributed by atoms with Crippen molar-refractivity contribution in [1.29, 1.82) is 0 Å². The van der Waals surface area contributed by atoms with Crippen LogP contribution in [0.4, 0.5) is 4.39 Å². The third-order valence-electron chi connectivity index (χ3n) is 5.17. The molecule has 9 nitrogen and oxygen atoms in total. The molecule has 3 N–H and O–H groups in total. The number of benzene rings is 1. The van der Waals surface area contributed by atoms with Crippen molar-refractivity contribution in [3.05, 3.63) is 78.6 Å². The lowest BCUT2D eigenvalue weighted by molar-refractivity contribution is -0.134. The van der Waals surface area contributed by atoms with Crippen LogP contribution in [-0.4, -0.2) is 45.7 Å². The average Bonchev–Trinajstić information content (AvgIpc) is 3.20. The Morgan fingerprint density at radius 3 is 2.53 bits per heavy atom. The summed E-state index contributed by atoms with van der Waals surface area (Å²) in [5.74, 6) is -1.30. The van der Waals surface area contributed by atoms with Crippen LogP contribution in [0.2, 0.25) is 0 Å². The fraction of sp³-hybridized carbons (Fsp3) is 0.120. The Labute approximate surface area is 206 Å². The summed E-state index contributed by atoms with van der Waals surface area (Å²) in [4.78, 5) is 25.1. The van der Waals surface area contributed by atoms with Crippen molar-refractivity contribution in [3.8, 4) is 22.4 Å². The van der Waals surface area contributed by atoms with Gasteiger partial charge in [-0.05, 0) is 35.4 Å². The number of nitrogens with zero attached hydrogens (tertiary/aromatic N) is 3. The SMILES string of the molecule is CC(=O)O.CS(=O)(=O)NCc1cccc(-c2c(F)cnc3[nH]c4cnc(-c5cccnc5)cc4c23)c1. The summed E-state index contributed by atoms with van der Waals surface area (Å²) in [6, 6.07) is 12.8. The number of nitrogens with one attached hydrogen (secondary N) is 2. The first-order valence-electron chi connectivity index (χ1n) is 10.7. The molecule has 1 aromatic carbocycles. The van der Waals surface area contributed by atoms with E-state index in [-0.39, 0.29) is 6.54 Å². The van der Waals surface area contributed by atoms with Crippen molar-refractivity contribution < 1.29 is 22.7 Å². The van der Waals surface area contributed by atoms with Gasteiger partial charge in [-0.2, -0.15) is 0 Å². The van der Waals surface area contributed by atoms with E-state index in [1.807, 2.05) is 18.2 Å². The second kappa shape index (κ2) is 10.2. The predicted molar refractivity (Wildman–Crippen MR) is 135 cm³/mol. The molecular weight excluding hydrogens is 485 g/mol. The molecule has 0 aliphatic carbocycles. The van der Waals surface area contributed by atoms with Gasteiger partial charge in [-0.15, -0.1) is 0 Å². The number of H-pyrrole nitrogens is 1. The smallest absolute Gasteiger partial charge is 0.300 e. The van der Waals surface area contributed by atoms with E-state index in [9.17, 15) is 8.42 Å². The average molecular weight is 508 g/mol. The van der Waals surface area contributed by atoms with E-state index in [0.717, 1.165) is 35.2 Å². The molecule has 0 aliphatic rings. The van der Waals surface area contributed by atoms with Gasteiger partial charge < -0.3 is 10.1 Å². The highest BCUT2D eigenvalue weighted by molar-refractivity contribution is 7.88. The molecule has 36 heavy (non-hydrogen) atoms. The summed E-state index contributed by atoms with van der Waals surface area (Å²) >= 11 is 0. The summed E-state index contributed by atoms with van der Waals surface area (Å²) in [5.41, 5.74) is 4.59. The van der Waals surface area contributed by atoms with E-state index in [4.69, 9.17) is 9.90 Å². The molecule has 0 saturated heterocycles. The number of halogens is 1. The molecule has 0 aliphatic heterocycles. The molecule has 4 aromatic heterocycles. The van der Waals surface area contributed by atoms with Gasteiger partial charge in [0.25, 0.3) is 5.97 Å². The molecule has 0 atom stereocenters. The maximum absolute atomic E-state index is 15.1. The third kappa shape index (κ3) is 5.70. The number of sulfonamides is 1. The zero-order chi connectivity index (χ0) is 25.9. The van der Waals surface area contributed by atoms with E-state index in [1.54, 1.807) is 42.9 Å². The monoisotopic (exact) mass is 507 g/mol. The number of fused-ring (bicyclic) bond motifs is 3. The molecule has 5 aromatic rings. The highest BCUT2D eigenvalue weighted by Gasteiger charge is 2.17. The van der Waals surface area contributed by atoms with Crippen molar-refractivity contribution in [3.63, 3.8) is 0 Å². The molecule has 4 heterocycles. The van der Waals surface area contributed by atoms with Crippen LogP contribution in [0, 0.1) is 5.82 Å². The van der Waals surface area contributed by atoms with Gasteiger partial charge in [0, 0.05) is 47.8 Å². The quantitative estimate of drug-likeness (QED) is 0.325. The Balaban J connectivity index is 0.000000709. The lowest BCUT2D eigenvalue weighted by Crippen LogP contribution is -2.21. The summed E-state index contributed by atoms with van der Waals surface area (Å²) in [5, 5.41) is 8.84. The first kappa shape index (κ1) is 24.9. The van der Waals surface area contributed by atoms with Gasteiger partial charge in [0.05, 0.1) is 29.9 Å². The van der Waals surface area contributed by atoms with Crippen LogP contribution in [0.15, 0.2) is 67.3 Å². The van der Waals surface area contributed by atoms with Crippen LogP contribution < -0.4 is 4.72 Å². The van der Waals surface area contributed by atoms with Crippen molar-refractivity contribution >= 4 is 37.9 Å². The second-order valence-corrected chi connectivity index (χ2v) is 9.83. The number of carboxylic acid groups (broad SMARTS) is 1. The zero-order valence-corrected chi connectivity index (χ0v) is 20.2. The number of aromatic nitrogens is 4. The molecule has 0 bridgehead atoms. The van der Waals surface area contributed by atoms with E-state index in [2.05, 4.69) is 24.7 Å². The molecule has 5 rings (SSSR count). The molecular formula is C25H22FN5O4S. The molecule has 0 saturated carbocycles. The Morgan fingerprint density at radius 2 is 1.83 bits per heavy atom. The van der Waals surface area contributed by atoms with Gasteiger partial charge >= 0.3 is 0 Å². The number of pyridine rings is 3. The van der Waals surface area contributed by atoms with Crippen LogP contribution in [0.25, 0.3) is 44.3 Å². The lowest BCUT2D eigenvalue weighted by Gasteiger charge is -2.09. The fourth-order valence-corrected chi connectivity index (χ4v) is 4.17. The highest BCUT2D eigenvalue weighted by Crippen LogP contribution is 2.36. The summed E-state index contributed by atoms with van der Waals surface area (Å²) in [6.45, 7) is 1.20. The number of carboxylic acids is 1. The largest absolute Gasteiger partial charge is 0.481 e. The zero-order valence-electron chi connectivity index (χ0n) is 19.4. The molecule has 0 radical (unpaired) electrons. The first-order valence-corrected chi connectivity index (χ1v) is 12.6. The van der Waals surface area contributed by atoms with E-state index in [1.165, 1.54) is 6.20 Å². The minimum atomic E-state index is -3.34. The van der Waals surface area contributed by atoms with E-state index >= 15 is 4.39 Å². The number of hydrogen-bond donors (Lipinski definition) is 3. The Kier molecular flexibility index (Phi) is 7.04. The van der Waals surface area contributed by atoms with Gasteiger partial charge in [0.15, 0.2) is 0 Å². The van der Waals surface area contributed by atoms with Crippen LogP contribution in [0.3, 0.4) is 0 Å². The van der Waals surface area contributed by atoms with Crippen LogP contribution in [0.1, 0.15) is 12.5 Å². The van der Waals surface area contributed by atoms with Crippen molar-refractivity contribution in [1.82, 2.24) is 24.7 Å². The number of aromatic amines is 1. The molecule has 184 valence electrons. The van der Waals surface area contributed by atoms with E-state index in [0.29, 0.717) is 27.9 Å². The maximum atomic E-state index is 15.1. The maximum Gasteiger partial charge on any atom is 0.300 e. The van der Waals surface area contributed by atoms with Gasteiger partial charge in [0.2, 0.25) is 10.0 Å². The Bertz CT molecular complexity index is 1670.